The van der Waals surface area contributed by atoms with Crippen molar-refractivity contribution in [1.82, 2.24) is 5.32 Å². The largest absolute Gasteiger partial charge is 0.481 e. The first-order valence-corrected chi connectivity index (χ1v) is 9.58. The zero-order valence-electron chi connectivity index (χ0n) is 13.6. The predicted octanol–water partition coefficient (Wildman–Crippen LogP) is 4.95. The molecule has 134 valence electrons. The summed E-state index contributed by atoms with van der Waals surface area (Å²) in [5.74, 6) is 1.38. The summed E-state index contributed by atoms with van der Waals surface area (Å²) in [6.07, 6.45) is -0.652. The maximum Gasteiger partial charge on any atom is 0.260 e. The summed E-state index contributed by atoms with van der Waals surface area (Å²) in [7, 11) is 0. The summed E-state index contributed by atoms with van der Waals surface area (Å²) in [5.41, 5.74) is 1.01. The van der Waals surface area contributed by atoms with E-state index in [2.05, 4.69) is 5.32 Å². The first kappa shape index (κ1) is 19.9. The lowest BCUT2D eigenvalue weighted by Crippen LogP contribution is -2.37. The summed E-state index contributed by atoms with van der Waals surface area (Å²) < 4.78 is 18.3. The fourth-order valence-electron chi connectivity index (χ4n) is 1.98. The fourth-order valence-corrected chi connectivity index (χ4v) is 3.40. The molecule has 0 aromatic heterocycles. The number of nitrogens with one attached hydrogen (secondary N) is 1. The Balaban J connectivity index is 1.66. The maximum atomic E-state index is 12.8. The van der Waals surface area contributed by atoms with Gasteiger partial charge in [-0.25, -0.2) is 4.39 Å². The zero-order valence-corrected chi connectivity index (χ0v) is 15.9. The molecule has 0 heterocycles. The van der Waals surface area contributed by atoms with Gasteiger partial charge in [-0.1, -0.05) is 29.3 Å². The molecule has 0 aliphatic heterocycles. The van der Waals surface area contributed by atoms with E-state index in [1.54, 1.807) is 30.8 Å². The van der Waals surface area contributed by atoms with Gasteiger partial charge in [0, 0.05) is 28.1 Å². The van der Waals surface area contributed by atoms with Crippen LogP contribution in [0.5, 0.6) is 5.75 Å². The Labute approximate surface area is 160 Å². The van der Waals surface area contributed by atoms with Crippen LogP contribution in [0.2, 0.25) is 10.0 Å². The molecule has 0 fully saturated rings. The molecule has 0 saturated carbocycles. The lowest BCUT2D eigenvalue weighted by molar-refractivity contribution is -0.127. The van der Waals surface area contributed by atoms with Crippen molar-refractivity contribution in [2.75, 3.05) is 12.3 Å². The molecule has 7 heteroatoms. The van der Waals surface area contributed by atoms with Crippen molar-refractivity contribution in [3.05, 3.63) is 63.9 Å². The summed E-state index contributed by atoms with van der Waals surface area (Å²) in [4.78, 5) is 12.0. The monoisotopic (exact) mass is 401 g/mol. The highest BCUT2D eigenvalue weighted by atomic mass is 35.5. The molecule has 1 amide bonds. The zero-order chi connectivity index (χ0) is 18.2. The molecule has 2 aromatic rings. The number of benzene rings is 2. The van der Waals surface area contributed by atoms with E-state index >= 15 is 0 Å². The van der Waals surface area contributed by atoms with E-state index in [0.717, 1.165) is 17.1 Å². The minimum atomic E-state index is -0.652. The number of ether oxygens (including phenoxy) is 1. The number of carbonyl (C=O) groups is 1. The maximum absolute atomic E-state index is 12.8. The topological polar surface area (TPSA) is 38.3 Å². The number of rotatable bonds is 8. The molecule has 0 unspecified atom stereocenters. The molecule has 0 aliphatic rings. The molecule has 0 bridgehead atoms. The number of hydrogen-bond acceptors (Lipinski definition) is 3. The molecule has 25 heavy (non-hydrogen) atoms. The van der Waals surface area contributed by atoms with Crippen LogP contribution in [0.25, 0.3) is 0 Å². The average molecular weight is 402 g/mol. The Kier molecular flexibility index (Phi) is 7.88. The van der Waals surface area contributed by atoms with Crippen LogP contribution in [0.15, 0.2) is 42.5 Å². The van der Waals surface area contributed by atoms with Crippen LogP contribution >= 0.6 is 35.0 Å². The molecule has 2 rings (SSSR count). The quantitative estimate of drug-likeness (QED) is 0.635. The van der Waals surface area contributed by atoms with E-state index < -0.39 is 6.10 Å². The van der Waals surface area contributed by atoms with Crippen LogP contribution in [-0.2, 0) is 10.5 Å². The van der Waals surface area contributed by atoms with Gasteiger partial charge < -0.3 is 10.1 Å². The molecular formula is C18H18Cl2FNO2S. The van der Waals surface area contributed by atoms with Crippen LogP contribution in [0.3, 0.4) is 0 Å². The van der Waals surface area contributed by atoms with Gasteiger partial charge in [-0.3, -0.25) is 4.79 Å². The van der Waals surface area contributed by atoms with Gasteiger partial charge in [0.2, 0.25) is 0 Å². The van der Waals surface area contributed by atoms with E-state index in [-0.39, 0.29) is 11.7 Å². The lowest BCUT2D eigenvalue weighted by atomic mass is 10.2. The molecule has 0 radical (unpaired) electrons. The normalized spacial score (nSPS) is 11.8. The van der Waals surface area contributed by atoms with Gasteiger partial charge >= 0.3 is 0 Å². The van der Waals surface area contributed by atoms with Gasteiger partial charge in [0.15, 0.2) is 6.10 Å². The van der Waals surface area contributed by atoms with Gasteiger partial charge in [-0.15, -0.1) is 0 Å². The van der Waals surface area contributed by atoms with Crippen molar-refractivity contribution < 1.29 is 13.9 Å². The van der Waals surface area contributed by atoms with Crippen LogP contribution in [0, 0.1) is 5.82 Å². The van der Waals surface area contributed by atoms with Gasteiger partial charge in [0.25, 0.3) is 5.91 Å². The second-order valence-corrected chi connectivity index (χ2v) is 7.24. The molecule has 1 N–H and O–H groups in total. The van der Waals surface area contributed by atoms with Crippen molar-refractivity contribution in [2.45, 2.75) is 18.8 Å². The highest BCUT2D eigenvalue weighted by Gasteiger charge is 2.14. The van der Waals surface area contributed by atoms with E-state index in [4.69, 9.17) is 27.9 Å². The van der Waals surface area contributed by atoms with E-state index in [0.29, 0.717) is 22.3 Å². The molecule has 0 spiro atoms. The Hall–Kier alpha value is -1.43. The molecule has 1 atom stereocenters. The molecule has 0 saturated heterocycles. The minimum absolute atomic E-state index is 0.213. The third kappa shape index (κ3) is 6.77. The minimum Gasteiger partial charge on any atom is -0.481 e. The number of hydrogen-bond donors (Lipinski definition) is 1. The Bertz CT molecular complexity index is 713. The standard InChI is InChI=1S/C18H18Cl2FNO2S/c1-12(24-16-6-4-15(21)5-7-16)18(23)22-8-9-25-11-13-2-3-14(19)10-17(13)20/h2-7,10,12H,8-9,11H2,1H3,(H,22,23)/t12-/m1/s1. The number of carbonyl (C=O) groups excluding carboxylic acids is 1. The lowest BCUT2D eigenvalue weighted by Gasteiger charge is -2.14. The van der Waals surface area contributed by atoms with E-state index in [9.17, 15) is 9.18 Å². The van der Waals surface area contributed by atoms with Crippen LogP contribution < -0.4 is 10.1 Å². The highest BCUT2D eigenvalue weighted by Crippen LogP contribution is 2.24. The fraction of sp³-hybridized carbons (Fsp3) is 0.278. The van der Waals surface area contributed by atoms with Gasteiger partial charge in [0.05, 0.1) is 0 Å². The van der Waals surface area contributed by atoms with Gasteiger partial charge in [-0.05, 0) is 48.9 Å². The average Bonchev–Trinajstić information content (AvgIpc) is 2.58. The van der Waals surface area contributed by atoms with Crippen molar-refractivity contribution in [3.63, 3.8) is 0 Å². The molecule has 2 aromatic carbocycles. The van der Waals surface area contributed by atoms with Crippen molar-refractivity contribution >= 4 is 40.9 Å². The molecule has 0 aliphatic carbocycles. The summed E-state index contributed by atoms with van der Waals surface area (Å²) >= 11 is 13.6. The first-order chi connectivity index (χ1) is 12.0. The number of thioether (sulfide) groups is 1. The third-order valence-electron chi connectivity index (χ3n) is 3.31. The van der Waals surface area contributed by atoms with Crippen LogP contribution in [-0.4, -0.2) is 24.3 Å². The highest BCUT2D eigenvalue weighted by molar-refractivity contribution is 7.98. The first-order valence-electron chi connectivity index (χ1n) is 7.67. The van der Waals surface area contributed by atoms with E-state index in [1.165, 1.54) is 24.3 Å². The summed E-state index contributed by atoms with van der Waals surface area (Å²) in [6.45, 7) is 2.17. The molecule has 3 nitrogen and oxygen atoms in total. The van der Waals surface area contributed by atoms with Crippen LogP contribution in [0.4, 0.5) is 4.39 Å². The van der Waals surface area contributed by atoms with E-state index in [1.807, 2.05) is 6.07 Å². The second kappa shape index (κ2) is 9.90. The van der Waals surface area contributed by atoms with Gasteiger partial charge in [0.1, 0.15) is 11.6 Å². The van der Waals surface area contributed by atoms with Crippen LogP contribution in [0.1, 0.15) is 12.5 Å². The molecular weight excluding hydrogens is 384 g/mol. The SMILES string of the molecule is C[C@@H](Oc1ccc(F)cc1)C(=O)NCCSCc1ccc(Cl)cc1Cl. The Morgan fingerprint density at radius 2 is 1.96 bits per heavy atom. The van der Waals surface area contributed by atoms with Crippen molar-refractivity contribution in [3.8, 4) is 5.75 Å². The van der Waals surface area contributed by atoms with Gasteiger partial charge in [-0.2, -0.15) is 11.8 Å². The smallest absolute Gasteiger partial charge is 0.260 e. The second-order valence-electron chi connectivity index (χ2n) is 5.29. The predicted molar refractivity (Wildman–Crippen MR) is 102 cm³/mol. The summed E-state index contributed by atoms with van der Waals surface area (Å²) in [5, 5.41) is 4.07. The van der Waals surface area contributed by atoms with Crippen molar-refractivity contribution in [2.24, 2.45) is 0 Å². The van der Waals surface area contributed by atoms with Crippen molar-refractivity contribution in [1.29, 1.82) is 0 Å². The summed E-state index contributed by atoms with van der Waals surface area (Å²) in [6, 6.07) is 11.0. The number of halogens is 3. The Morgan fingerprint density at radius 3 is 2.64 bits per heavy atom. The Morgan fingerprint density at radius 1 is 1.24 bits per heavy atom. The third-order valence-corrected chi connectivity index (χ3v) is 4.91. The number of amides is 1.